The Balaban J connectivity index is 1.19. The van der Waals surface area contributed by atoms with Gasteiger partial charge in [-0.1, -0.05) is 6.07 Å². The highest BCUT2D eigenvalue weighted by molar-refractivity contribution is 7.10. The predicted octanol–water partition coefficient (Wildman–Crippen LogP) is 2.75. The van der Waals surface area contributed by atoms with E-state index in [0.717, 1.165) is 12.1 Å². The number of benzene rings is 2. The highest BCUT2D eigenvalue weighted by Gasteiger charge is 2.56. The number of rotatable bonds is 6. The molecular weight excluding hydrogens is 624 g/mol. The topological polar surface area (TPSA) is 161 Å². The van der Waals surface area contributed by atoms with Gasteiger partial charge in [-0.15, -0.1) is 11.3 Å². The molecule has 2 aromatic carbocycles. The van der Waals surface area contributed by atoms with Crippen LogP contribution in [0, 0.1) is 11.8 Å². The average molecular weight is 665 g/mol. The fourth-order valence-corrected chi connectivity index (χ4v) is 7.50. The maximum Gasteiger partial charge on any atom is 0.310 e. The summed E-state index contributed by atoms with van der Waals surface area (Å²) in [6, 6.07) is 8.82. The van der Waals surface area contributed by atoms with Crippen LogP contribution in [-0.2, 0) is 28.5 Å². The van der Waals surface area contributed by atoms with Crippen LogP contribution in [0.4, 0.5) is 0 Å². The van der Waals surface area contributed by atoms with Gasteiger partial charge in [0.2, 0.25) is 12.5 Å². The molecule has 4 aliphatic heterocycles. The van der Waals surface area contributed by atoms with Gasteiger partial charge in [-0.3, -0.25) is 4.79 Å². The van der Waals surface area contributed by atoms with E-state index in [4.69, 9.17) is 53.6 Å². The number of thiophene rings is 1. The van der Waals surface area contributed by atoms with E-state index in [9.17, 15) is 20.1 Å². The number of aromatic hydroxyl groups is 1. The smallest absolute Gasteiger partial charge is 0.310 e. The summed E-state index contributed by atoms with van der Waals surface area (Å²) in [6.07, 6.45) is -10.5. The van der Waals surface area contributed by atoms with Crippen molar-refractivity contribution < 1.29 is 73.7 Å². The minimum atomic E-state index is -3.09. The number of fused-ring (bicyclic) bond motifs is 4. The van der Waals surface area contributed by atoms with Crippen molar-refractivity contribution in [2.45, 2.75) is 49.0 Å². The van der Waals surface area contributed by atoms with Gasteiger partial charge in [-0.25, -0.2) is 0 Å². The van der Waals surface area contributed by atoms with Crippen LogP contribution in [0.15, 0.2) is 41.8 Å². The molecule has 8 rings (SSSR count). The van der Waals surface area contributed by atoms with Crippen LogP contribution in [-0.4, -0.2) is 86.0 Å². The Morgan fingerprint density at radius 2 is 1.76 bits per heavy atom. The maximum absolute atomic E-state index is 13.7. The lowest BCUT2D eigenvalue weighted by Crippen LogP contribution is -2.62. The highest BCUT2D eigenvalue weighted by Crippen LogP contribution is 2.57. The van der Waals surface area contributed by atoms with Crippen molar-refractivity contribution in [1.82, 2.24) is 0 Å². The number of aliphatic hydroxyl groups is 2. The molecule has 10 atom stereocenters. The van der Waals surface area contributed by atoms with Crippen molar-refractivity contribution in [2.24, 2.45) is 11.8 Å². The van der Waals surface area contributed by atoms with E-state index in [-0.39, 0.29) is 30.5 Å². The van der Waals surface area contributed by atoms with Gasteiger partial charge in [0.25, 0.3) is 0 Å². The summed E-state index contributed by atoms with van der Waals surface area (Å²) >= 11 is 1.25. The molecule has 3 N–H and O–H groups in total. The molecule has 3 aromatic rings. The van der Waals surface area contributed by atoms with Gasteiger partial charge in [-0.05, 0) is 52.4 Å². The first kappa shape index (κ1) is 22.0. The van der Waals surface area contributed by atoms with Crippen molar-refractivity contribution in [3.05, 3.63) is 63.3 Å². The lowest BCUT2D eigenvalue weighted by atomic mass is 9.66. The molecule has 3 fully saturated rings. The number of phenols is 1. The third-order valence-electron chi connectivity index (χ3n) is 8.93. The molecule has 46 heavy (non-hydrogen) atoms. The van der Waals surface area contributed by atoms with E-state index in [0.29, 0.717) is 16.0 Å². The molecule has 13 nitrogen and oxygen atoms in total. The van der Waals surface area contributed by atoms with Gasteiger partial charge in [0.15, 0.2) is 35.6 Å². The predicted molar refractivity (Wildman–Crippen MR) is 156 cm³/mol. The van der Waals surface area contributed by atoms with Gasteiger partial charge in [0.05, 0.1) is 55.1 Å². The number of carbonyl (C=O) groups is 1. The number of ether oxygens (including phenoxy) is 9. The monoisotopic (exact) mass is 664 g/mol. The molecule has 0 saturated carbocycles. The average Bonchev–Trinajstić information content (AvgIpc) is 3.85. The first-order valence-corrected chi connectivity index (χ1v) is 15.2. The fourth-order valence-electron chi connectivity index (χ4n) is 6.81. The van der Waals surface area contributed by atoms with Crippen LogP contribution in [0.1, 0.15) is 50.8 Å². The third kappa shape index (κ3) is 4.70. The molecule has 3 saturated heterocycles. The Bertz CT molecular complexity index is 1890. The number of esters is 1. The Kier molecular flexibility index (Phi) is 5.54. The second-order valence-electron chi connectivity index (χ2n) is 11.3. The summed E-state index contributed by atoms with van der Waals surface area (Å²) in [7, 11) is -6.17. The molecule has 0 bridgehead atoms. The third-order valence-corrected chi connectivity index (χ3v) is 9.83. The van der Waals surface area contributed by atoms with Gasteiger partial charge in [0.1, 0.15) is 24.4 Å². The molecule has 0 amide bonds. The number of hydrogen-bond donors (Lipinski definition) is 3. The molecule has 1 aromatic heterocycles. The molecule has 244 valence electrons. The molecule has 14 heteroatoms. The number of cyclic esters (lactones) is 1. The van der Waals surface area contributed by atoms with E-state index in [1.165, 1.54) is 11.3 Å². The summed E-state index contributed by atoms with van der Waals surface area (Å²) in [5.41, 5.74) is 0.769. The second kappa shape index (κ2) is 11.6. The Labute approximate surface area is 278 Å². The van der Waals surface area contributed by atoms with Crippen molar-refractivity contribution in [1.29, 1.82) is 0 Å². The summed E-state index contributed by atoms with van der Waals surface area (Å²) in [6.45, 7) is -2.92. The summed E-state index contributed by atoms with van der Waals surface area (Å²) < 4.78 is 114. The lowest BCUT2D eigenvalue weighted by molar-refractivity contribution is -0.368. The first-order valence-electron chi connectivity index (χ1n) is 18.3. The molecule has 0 radical (unpaired) electrons. The number of aliphatic hydroxyl groups excluding tert-OH is 2. The summed E-state index contributed by atoms with van der Waals surface area (Å²) in [5.74, 6) is -5.45. The second-order valence-corrected chi connectivity index (χ2v) is 12.3. The van der Waals surface area contributed by atoms with Crippen molar-refractivity contribution in [3.63, 3.8) is 0 Å². The minimum Gasteiger partial charge on any atom is -0.502 e. The minimum absolute atomic E-state index is 0.0934. The van der Waals surface area contributed by atoms with Crippen molar-refractivity contribution in [2.75, 3.05) is 34.0 Å². The SMILES string of the molecule is [2H]C([2H])([2H])Oc1cc([C@@H]2c3cc4c(cc3[C@@H](O[C@@H]3O[C@H]5[C@@H](O[C@H](c6cccs6)OC5([2H])[2H])[C@H](O)[C@H]3O)[C@H]3COC(=O)[C@H]23)OCO4)cc(OC([2H])([2H])[2H])c1O. The van der Waals surface area contributed by atoms with Crippen LogP contribution >= 0.6 is 11.3 Å². The van der Waals surface area contributed by atoms with Gasteiger partial charge in [0, 0.05) is 11.8 Å². The van der Waals surface area contributed by atoms with Crippen molar-refractivity contribution in [3.8, 4) is 28.7 Å². The van der Waals surface area contributed by atoms with Crippen LogP contribution in [0.25, 0.3) is 0 Å². The molecule has 1 aliphatic carbocycles. The quantitative estimate of drug-likeness (QED) is 0.331. The molecular formula is C32H32O13S. The highest BCUT2D eigenvalue weighted by atomic mass is 32.1. The van der Waals surface area contributed by atoms with E-state index in [1.54, 1.807) is 29.6 Å². The van der Waals surface area contributed by atoms with Gasteiger partial charge in [-0.2, -0.15) is 0 Å². The van der Waals surface area contributed by atoms with Crippen molar-refractivity contribution >= 4 is 17.3 Å². The number of phenolic OH excluding ortho intramolecular Hbond substituents is 1. The van der Waals surface area contributed by atoms with E-state index in [1.807, 2.05) is 0 Å². The molecule has 5 aliphatic rings. The Hall–Kier alpha value is -3.63. The zero-order chi connectivity index (χ0) is 38.5. The number of methoxy groups -OCH3 is 2. The van der Waals surface area contributed by atoms with Gasteiger partial charge >= 0.3 is 5.97 Å². The Morgan fingerprint density at radius 3 is 2.48 bits per heavy atom. The molecule has 5 heterocycles. The van der Waals surface area contributed by atoms with Crippen LogP contribution in [0.2, 0.25) is 0 Å². The number of carbonyl (C=O) groups excluding carboxylic acids is 1. The molecule has 0 spiro atoms. The summed E-state index contributed by atoms with van der Waals surface area (Å²) in [4.78, 5) is 14.2. The normalized spacial score (nSPS) is 38.5. The Morgan fingerprint density at radius 1 is 1.00 bits per heavy atom. The van der Waals surface area contributed by atoms with E-state index in [2.05, 4.69) is 0 Å². The van der Waals surface area contributed by atoms with Crippen LogP contribution < -0.4 is 18.9 Å². The van der Waals surface area contributed by atoms with Crippen LogP contribution in [0.5, 0.6) is 28.7 Å². The standard InChI is InChI=1S/C32H32O13S/c1-37-19-6-13(7-20(38-2)25(19)33)23-14-8-17-18(42-12-41-17)9-15(14)28(16-10-39-30(36)24(16)23)44-32-27(35)26(34)29-21(43-32)11-40-31(45-29)22-4-3-5-46-22/h3-9,16,21,23-24,26-29,31-35H,10-12H2,1-2H3/t16-,21+,23+,24-,26+,27+,28+,29+,31+,32-/m0/s1/i1D3,2D3,11D2. The molecule has 0 unspecified atom stereocenters. The fraction of sp³-hybridized carbons (Fsp3) is 0.469. The largest absolute Gasteiger partial charge is 0.502 e. The lowest BCUT2D eigenvalue weighted by Gasteiger charge is -2.48. The maximum atomic E-state index is 13.7. The van der Waals surface area contributed by atoms with E-state index < -0.39 is 105 Å². The van der Waals surface area contributed by atoms with Gasteiger partial charge < -0.3 is 58.0 Å². The van der Waals surface area contributed by atoms with E-state index >= 15 is 0 Å². The zero-order valence-electron chi connectivity index (χ0n) is 31.6. The zero-order valence-corrected chi connectivity index (χ0v) is 24.4. The first-order chi connectivity index (χ1) is 25.4. The summed E-state index contributed by atoms with van der Waals surface area (Å²) in [5, 5.41) is 35.3. The number of hydrogen-bond acceptors (Lipinski definition) is 14. The van der Waals surface area contributed by atoms with Crippen LogP contribution in [0.3, 0.4) is 0 Å².